The van der Waals surface area contributed by atoms with Crippen LogP contribution in [0.5, 0.6) is 0 Å². The van der Waals surface area contributed by atoms with Gasteiger partial charge < -0.3 is 5.32 Å². The van der Waals surface area contributed by atoms with Crippen molar-refractivity contribution < 1.29 is 9.72 Å². The monoisotopic (exact) mass is 284 g/mol. The molecule has 0 aromatic heterocycles. The summed E-state index contributed by atoms with van der Waals surface area (Å²) < 4.78 is 0. The number of hydrogen-bond acceptors (Lipinski definition) is 4. The number of para-hydroxylation sites is 1. The highest BCUT2D eigenvalue weighted by Crippen LogP contribution is 2.11. The molecule has 21 heavy (non-hydrogen) atoms. The van der Waals surface area contributed by atoms with Gasteiger partial charge in [-0.2, -0.15) is 5.10 Å². The van der Waals surface area contributed by atoms with E-state index in [0.29, 0.717) is 11.3 Å². The van der Waals surface area contributed by atoms with Crippen LogP contribution >= 0.6 is 0 Å². The van der Waals surface area contributed by atoms with Gasteiger partial charge in [0.1, 0.15) is 0 Å². The van der Waals surface area contributed by atoms with Crippen molar-refractivity contribution in [3.8, 4) is 0 Å². The summed E-state index contributed by atoms with van der Waals surface area (Å²) in [7, 11) is 0. The van der Waals surface area contributed by atoms with Crippen molar-refractivity contribution in [2.75, 3.05) is 5.32 Å². The van der Waals surface area contributed by atoms with Crippen LogP contribution < -0.4 is 10.7 Å². The minimum absolute atomic E-state index is 0.0345. The van der Waals surface area contributed by atoms with Crippen LogP contribution in [0.2, 0.25) is 0 Å². The first-order valence-corrected chi connectivity index (χ1v) is 6.05. The molecule has 0 bridgehead atoms. The van der Waals surface area contributed by atoms with E-state index in [2.05, 4.69) is 15.8 Å². The summed E-state index contributed by atoms with van der Waals surface area (Å²) in [6, 6.07) is 14.3. The molecule has 2 amide bonds. The first kappa shape index (κ1) is 14.2. The number of nitrogens with one attached hydrogen (secondary N) is 2. The molecule has 2 N–H and O–H groups in total. The SMILES string of the molecule is O=C(NN=Cc1cccc([N+](=O)[O-])c1)Nc1ccccc1. The lowest BCUT2D eigenvalue weighted by Gasteiger charge is -2.03. The Morgan fingerprint density at radius 3 is 2.62 bits per heavy atom. The number of benzene rings is 2. The molecule has 7 heteroatoms. The van der Waals surface area contributed by atoms with Gasteiger partial charge in [-0.3, -0.25) is 10.1 Å². The molecule has 0 fully saturated rings. The maximum absolute atomic E-state index is 11.5. The van der Waals surface area contributed by atoms with Crippen LogP contribution in [0.4, 0.5) is 16.2 Å². The topological polar surface area (TPSA) is 96.6 Å². The zero-order valence-electron chi connectivity index (χ0n) is 10.9. The van der Waals surface area contributed by atoms with Crippen molar-refractivity contribution in [1.29, 1.82) is 0 Å². The largest absolute Gasteiger partial charge is 0.339 e. The molecule has 0 saturated heterocycles. The average molecular weight is 284 g/mol. The third-order valence-electron chi connectivity index (χ3n) is 2.49. The highest BCUT2D eigenvalue weighted by molar-refractivity contribution is 5.90. The maximum Gasteiger partial charge on any atom is 0.339 e. The second kappa shape index (κ2) is 6.80. The summed E-state index contributed by atoms with van der Waals surface area (Å²) in [5.74, 6) is 0. The minimum atomic E-state index is -0.497. The molecule has 0 atom stereocenters. The fraction of sp³-hybridized carbons (Fsp3) is 0. The molecule has 0 unspecified atom stereocenters. The predicted octanol–water partition coefficient (Wildman–Crippen LogP) is 2.75. The second-order valence-electron chi connectivity index (χ2n) is 4.04. The fourth-order valence-electron chi connectivity index (χ4n) is 1.56. The van der Waals surface area contributed by atoms with Crippen molar-refractivity contribution in [2.24, 2.45) is 5.10 Å². The van der Waals surface area contributed by atoms with Crippen molar-refractivity contribution in [3.63, 3.8) is 0 Å². The van der Waals surface area contributed by atoms with E-state index < -0.39 is 11.0 Å². The van der Waals surface area contributed by atoms with Crippen molar-refractivity contribution >= 4 is 23.6 Å². The number of carbonyl (C=O) groups is 1. The van der Waals surface area contributed by atoms with E-state index >= 15 is 0 Å². The number of rotatable bonds is 4. The van der Waals surface area contributed by atoms with E-state index in [4.69, 9.17) is 0 Å². The lowest BCUT2D eigenvalue weighted by atomic mass is 10.2. The summed E-state index contributed by atoms with van der Waals surface area (Å²) in [5, 5.41) is 16.9. The molecule has 106 valence electrons. The Balaban J connectivity index is 1.91. The Morgan fingerprint density at radius 1 is 1.14 bits per heavy atom. The van der Waals surface area contributed by atoms with Gasteiger partial charge in [-0.25, -0.2) is 10.2 Å². The highest BCUT2D eigenvalue weighted by Gasteiger charge is 2.04. The number of amides is 2. The number of nitrogens with zero attached hydrogens (tertiary/aromatic N) is 2. The Morgan fingerprint density at radius 2 is 1.90 bits per heavy atom. The average Bonchev–Trinajstić information content (AvgIpc) is 2.48. The molecule has 0 aliphatic rings. The van der Waals surface area contributed by atoms with Crippen LogP contribution in [0.3, 0.4) is 0 Å². The highest BCUT2D eigenvalue weighted by atomic mass is 16.6. The van der Waals surface area contributed by atoms with Gasteiger partial charge in [-0.05, 0) is 12.1 Å². The summed E-state index contributed by atoms with van der Waals surface area (Å²) in [6.07, 6.45) is 1.33. The van der Waals surface area contributed by atoms with E-state index in [1.165, 1.54) is 18.3 Å². The Hall–Kier alpha value is -3.22. The number of hydrogen-bond donors (Lipinski definition) is 2. The summed E-state index contributed by atoms with van der Waals surface area (Å²) >= 11 is 0. The summed E-state index contributed by atoms with van der Waals surface area (Å²) in [4.78, 5) is 21.7. The molecule has 0 spiro atoms. The number of nitro groups is 1. The van der Waals surface area contributed by atoms with E-state index in [9.17, 15) is 14.9 Å². The van der Waals surface area contributed by atoms with Crippen LogP contribution in [-0.4, -0.2) is 17.2 Å². The summed E-state index contributed by atoms with van der Waals surface area (Å²) in [6.45, 7) is 0. The zero-order chi connectivity index (χ0) is 15.1. The van der Waals surface area contributed by atoms with Crippen LogP contribution in [0.15, 0.2) is 59.7 Å². The number of hydrazone groups is 1. The standard InChI is InChI=1S/C14H12N4O3/c19-14(16-12-6-2-1-3-7-12)17-15-10-11-5-4-8-13(9-11)18(20)21/h1-10H,(H2,16,17,19). The lowest BCUT2D eigenvalue weighted by Crippen LogP contribution is -2.24. The minimum Gasteiger partial charge on any atom is -0.307 e. The van der Waals surface area contributed by atoms with E-state index in [0.717, 1.165) is 0 Å². The first-order chi connectivity index (χ1) is 10.1. The maximum atomic E-state index is 11.5. The second-order valence-corrected chi connectivity index (χ2v) is 4.04. The number of non-ortho nitro benzene ring substituents is 1. The Bertz CT molecular complexity index is 671. The van der Waals surface area contributed by atoms with Gasteiger partial charge in [0, 0.05) is 23.4 Å². The first-order valence-electron chi connectivity index (χ1n) is 6.05. The van der Waals surface area contributed by atoms with Gasteiger partial charge in [-0.1, -0.05) is 30.3 Å². The molecule has 2 aromatic carbocycles. The summed E-state index contributed by atoms with van der Waals surface area (Å²) in [5.41, 5.74) is 3.40. The third-order valence-corrected chi connectivity index (χ3v) is 2.49. The van der Waals surface area contributed by atoms with Gasteiger partial charge in [0.05, 0.1) is 11.1 Å². The molecular weight excluding hydrogens is 272 g/mol. The van der Waals surface area contributed by atoms with Crippen LogP contribution in [-0.2, 0) is 0 Å². The fourth-order valence-corrected chi connectivity index (χ4v) is 1.56. The molecular formula is C14H12N4O3. The molecule has 7 nitrogen and oxygen atoms in total. The third kappa shape index (κ3) is 4.43. The van der Waals surface area contributed by atoms with Crippen molar-refractivity contribution in [1.82, 2.24) is 5.43 Å². The predicted molar refractivity (Wildman–Crippen MR) is 79.3 cm³/mol. The van der Waals surface area contributed by atoms with Gasteiger partial charge in [0.15, 0.2) is 0 Å². The van der Waals surface area contributed by atoms with E-state index in [-0.39, 0.29) is 5.69 Å². The molecule has 0 aliphatic heterocycles. The Kier molecular flexibility index (Phi) is 4.60. The Labute approximate surface area is 120 Å². The van der Waals surface area contributed by atoms with Gasteiger partial charge in [-0.15, -0.1) is 0 Å². The van der Waals surface area contributed by atoms with E-state index in [1.807, 2.05) is 6.07 Å². The van der Waals surface area contributed by atoms with Crippen LogP contribution in [0.1, 0.15) is 5.56 Å². The quantitative estimate of drug-likeness (QED) is 0.513. The van der Waals surface area contributed by atoms with Gasteiger partial charge in [0.25, 0.3) is 5.69 Å². The lowest BCUT2D eigenvalue weighted by molar-refractivity contribution is -0.384. The van der Waals surface area contributed by atoms with Gasteiger partial charge >= 0.3 is 6.03 Å². The van der Waals surface area contributed by atoms with Crippen LogP contribution in [0.25, 0.3) is 0 Å². The molecule has 0 aliphatic carbocycles. The number of carbonyl (C=O) groups excluding carboxylic acids is 1. The van der Waals surface area contributed by atoms with Crippen molar-refractivity contribution in [2.45, 2.75) is 0 Å². The molecule has 0 radical (unpaired) electrons. The number of anilines is 1. The molecule has 2 rings (SSSR count). The number of urea groups is 1. The van der Waals surface area contributed by atoms with Crippen LogP contribution in [0, 0.1) is 10.1 Å². The van der Waals surface area contributed by atoms with Crippen molar-refractivity contribution in [3.05, 3.63) is 70.3 Å². The van der Waals surface area contributed by atoms with E-state index in [1.54, 1.807) is 36.4 Å². The normalized spacial score (nSPS) is 10.3. The molecule has 2 aromatic rings. The smallest absolute Gasteiger partial charge is 0.307 e. The molecule has 0 saturated carbocycles. The molecule has 0 heterocycles. The van der Waals surface area contributed by atoms with Gasteiger partial charge in [0.2, 0.25) is 0 Å². The number of nitro benzene ring substituents is 1. The zero-order valence-corrected chi connectivity index (χ0v) is 10.9.